The van der Waals surface area contributed by atoms with Gasteiger partial charge in [0, 0.05) is 13.0 Å². The van der Waals surface area contributed by atoms with Crippen LogP contribution in [0, 0.1) is 0 Å². The Kier molecular flexibility index (Phi) is 6.02. The van der Waals surface area contributed by atoms with Crippen molar-refractivity contribution in [3.8, 4) is 11.1 Å². The van der Waals surface area contributed by atoms with Crippen LogP contribution >= 0.6 is 0 Å². The van der Waals surface area contributed by atoms with E-state index in [1.807, 2.05) is 54.6 Å². The number of nitrogens with one attached hydrogen (secondary N) is 1. The molecule has 1 aliphatic heterocycles. The van der Waals surface area contributed by atoms with Crippen LogP contribution in [0.3, 0.4) is 0 Å². The molecular formula is C21H23NO4. The lowest BCUT2D eigenvalue weighted by Gasteiger charge is -2.19. The first-order valence-corrected chi connectivity index (χ1v) is 8.81. The second-order valence-electron chi connectivity index (χ2n) is 6.35. The van der Waals surface area contributed by atoms with E-state index in [-0.39, 0.29) is 5.91 Å². The van der Waals surface area contributed by atoms with Gasteiger partial charge in [0.1, 0.15) is 12.1 Å². The number of hydrogen-bond acceptors (Lipinski definition) is 4. The smallest absolute Gasteiger partial charge is 0.328 e. The van der Waals surface area contributed by atoms with Gasteiger partial charge in [-0.25, -0.2) is 4.79 Å². The molecule has 0 bridgehead atoms. The number of carbonyl (C=O) groups excluding carboxylic acids is 2. The minimum Gasteiger partial charge on any atom is -0.467 e. The molecule has 5 heteroatoms. The van der Waals surface area contributed by atoms with E-state index in [0.717, 1.165) is 23.1 Å². The lowest BCUT2D eigenvalue weighted by atomic mass is 10.0. The lowest BCUT2D eigenvalue weighted by Crippen LogP contribution is -2.47. The monoisotopic (exact) mass is 353 g/mol. The summed E-state index contributed by atoms with van der Waals surface area (Å²) in [6.45, 7) is 0.585. The van der Waals surface area contributed by atoms with E-state index < -0.39 is 18.1 Å². The topological polar surface area (TPSA) is 64.6 Å². The molecule has 0 unspecified atom stereocenters. The third-order valence-electron chi connectivity index (χ3n) is 4.53. The van der Waals surface area contributed by atoms with E-state index in [9.17, 15) is 9.59 Å². The molecule has 1 heterocycles. The van der Waals surface area contributed by atoms with Crippen LogP contribution in [0.25, 0.3) is 11.1 Å². The summed E-state index contributed by atoms with van der Waals surface area (Å²) in [7, 11) is 1.33. The highest BCUT2D eigenvalue weighted by atomic mass is 16.5. The first kappa shape index (κ1) is 18.1. The maximum atomic E-state index is 12.3. The number of esters is 1. The van der Waals surface area contributed by atoms with Crippen LogP contribution in [0.2, 0.25) is 0 Å². The molecule has 3 rings (SSSR count). The Morgan fingerprint density at radius 3 is 2.42 bits per heavy atom. The molecule has 1 saturated heterocycles. The van der Waals surface area contributed by atoms with E-state index >= 15 is 0 Å². The third-order valence-corrected chi connectivity index (χ3v) is 4.53. The number of benzene rings is 2. The Balaban J connectivity index is 1.68. The van der Waals surface area contributed by atoms with Crippen molar-refractivity contribution in [3.63, 3.8) is 0 Å². The van der Waals surface area contributed by atoms with Gasteiger partial charge in [-0.2, -0.15) is 0 Å². The van der Waals surface area contributed by atoms with E-state index in [1.165, 1.54) is 7.11 Å². The number of rotatable bonds is 6. The van der Waals surface area contributed by atoms with Crippen LogP contribution in [-0.2, 0) is 25.5 Å². The number of amides is 1. The first-order valence-electron chi connectivity index (χ1n) is 8.81. The molecule has 2 atom stereocenters. The zero-order valence-corrected chi connectivity index (χ0v) is 14.8. The van der Waals surface area contributed by atoms with Gasteiger partial charge in [-0.05, 0) is 29.5 Å². The number of hydrogen-bond donors (Lipinski definition) is 1. The van der Waals surface area contributed by atoms with Gasteiger partial charge in [0.05, 0.1) is 7.11 Å². The molecule has 0 aromatic heterocycles. The normalized spacial score (nSPS) is 17.5. The average Bonchev–Trinajstić information content (AvgIpc) is 3.23. The minimum absolute atomic E-state index is 0.251. The zero-order valence-electron chi connectivity index (χ0n) is 14.8. The maximum absolute atomic E-state index is 12.3. The van der Waals surface area contributed by atoms with E-state index in [0.29, 0.717) is 19.4 Å². The van der Waals surface area contributed by atoms with E-state index in [4.69, 9.17) is 9.47 Å². The quantitative estimate of drug-likeness (QED) is 0.811. The molecular weight excluding hydrogens is 330 g/mol. The van der Waals surface area contributed by atoms with Gasteiger partial charge in [0.2, 0.25) is 5.91 Å². The summed E-state index contributed by atoms with van der Waals surface area (Å²) in [4.78, 5) is 24.3. The van der Waals surface area contributed by atoms with Crippen molar-refractivity contribution in [2.24, 2.45) is 0 Å². The Morgan fingerprint density at radius 1 is 1.12 bits per heavy atom. The Hall–Kier alpha value is -2.66. The van der Waals surface area contributed by atoms with Crippen molar-refractivity contribution in [2.45, 2.75) is 31.4 Å². The molecule has 26 heavy (non-hydrogen) atoms. The van der Waals surface area contributed by atoms with Crippen molar-refractivity contribution in [3.05, 3.63) is 60.2 Å². The van der Waals surface area contributed by atoms with Crippen LogP contribution in [0.15, 0.2) is 54.6 Å². The van der Waals surface area contributed by atoms with Crippen LogP contribution in [0.5, 0.6) is 0 Å². The van der Waals surface area contributed by atoms with Crippen molar-refractivity contribution in [1.29, 1.82) is 0 Å². The van der Waals surface area contributed by atoms with Gasteiger partial charge in [-0.1, -0.05) is 54.6 Å². The number of methoxy groups -OCH3 is 1. The van der Waals surface area contributed by atoms with Crippen LogP contribution in [0.4, 0.5) is 0 Å². The Labute approximate surface area is 153 Å². The summed E-state index contributed by atoms with van der Waals surface area (Å²) in [5.41, 5.74) is 3.19. The predicted molar refractivity (Wildman–Crippen MR) is 98.5 cm³/mol. The molecule has 2 aromatic carbocycles. The average molecular weight is 353 g/mol. The SMILES string of the molecule is COC(=O)[C@@H](Cc1ccc(-c2ccccc2)cc1)NC(=O)[C@H]1CCCO1. The summed E-state index contributed by atoms with van der Waals surface area (Å²) in [5, 5.41) is 2.77. The fourth-order valence-electron chi connectivity index (χ4n) is 3.08. The van der Waals surface area contributed by atoms with Gasteiger partial charge < -0.3 is 14.8 Å². The van der Waals surface area contributed by atoms with E-state index in [2.05, 4.69) is 5.32 Å². The molecule has 1 fully saturated rings. The van der Waals surface area contributed by atoms with Gasteiger partial charge in [-0.15, -0.1) is 0 Å². The standard InChI is InChI=1S/C21H23NO4/c1-25-21(24)18(22-20(23)19-8-5-13-26-19)14-15-9-11-17(12-10-15)16-6-3-2-4-7-16/h2-4,6-7,9-12,18-19H,5,8,13-14H2,1H3,(H,22,23)/t18-,19-/m1/s1. The molecule has 5 nitrogen and oxygen atoms in total. The molecule has 0 radical (unpaired) electrons. The molecule has 0 saturated carbocycles. The fourth-order valence-corrected chi connectivity index (χ4v) is 3.08. The fraction of sp³-hybridized carbons (Fsp3) is 0.333. The summed E-state index contributed by atoms with van der Waals surface area (Å²) in [6.07, 6.45) is 1.45. The van der Waals surface area contributed by atoms with Gasteiger partial charge >= 0.3 is 5.97 Å². The van der Waals surface area contributed by atoms with E-state index in [1.54, 1.807) is 0 Å². The second-order valence-corrected chi connectivity index (χ2v) is 6.35. The third kappa shape index (κ3) is 4.49. The molecule has 0 aliphatic carbocycles. The summed E-state index contributed by atoms with van der Waals surface area (Å²) in [5.74, 6) is -0.706. The highest BCUT2D eigenvalue weighted by Gasteiger charge is 2.28. The van der Waals surface area contributed by atoms with Crippen molar-refractivity contribution >= 4 is 11.9 Å². The number of carbonyl (C=O) groups is 2. The van der Waals surface area contributed by atoms with Crippen LogP contribution in [-0.4, -0.2) is 37.7 Å². The van der Waals surface area contributed by atoms with Gasteiger partial charge in [-0.3, -0.25) is 4.79 Å². The van der Waals surface area contributed by atoms with Crippen molar-refractivity contribution in [2.75, 3.05) is 13.7 Å². The molecule has 2 aromatic rings. The highest BCUT2D eigenvalue weighted by molar-refractivity contribution is 5.87. The first-order chi connectivity index (χ1) is 12.7. The summed E-state index contributed by atoms with van der Waals surface area (Å²) < 4.78 is 10.2. The summed E-state index contributed by atoms with van der Waals surface area (Å²) in [6, 6.07) is 17.3. The van der Waals surface area contributed by atoms with Gasteiger partial charge in [0.15, 0.2) is 0 Å². The van der Waals surface area contributed by atoms with Crippen molar-refractivity contribution < 1.29 is 19.1 Å². The largest absolute Gasteiger partial charge is 0.467 e. The zero-order chi connectivity index (χ0) is 18.4. The molecule has 1 aliphatic rings. The van der Waals surface area contributed by atoms with Crippen LogP contribution < -0.4 is 5.32 Å². The Bertz CT molecular complexity index is 736. The molecule has 136 valence electrons. The van der Waals surface area contributed by atoms with Crippen LogP contribution in [0.1, 0.15) is 18.4 Å². The second kappa shape index (κ2) is 8.63. The predicted octanol–water partition coefficient (Wildman–Crippen LogP) is 2.73. The number of ether oxygens (including phenoxy) is 2. The lowest BCUT2D eigenvalue weighted by molar-refractivity contribution is -0.146. The molecule has 0 spiro atoms. The summed E-state index contributed by atoms with van der Waals surface area (Å²) >= 11 is 0. The molecule has 1 N–H and O–H groups in total. The minimum atomic E-state index is -0.723. The highest BCUT2D eigenvalue weighted by Crippen LogP contribution is 2.20. The Morgan fingerprint density at radius 2 is 1.81 bits per heavy atom. The van der Waals surface area contributed by atoms with Crippen molar-refractivity contribution in [1.82, 2.24) is 5.32 Å². The van der Waals surface area contributed by atoms with Gasteiger partial charge in [0.25, 0.3) is 0 Å². The maximum Gasteiger partial charge on any atom is 0.328 e. The molecule has 1 amide bonds.